The van der Waals surface area contributed by atoms with Crippen LogP contribution >= 0.6 is 34.5 Å². The molecule has 0 aliphatic heterocycles. The molecule has 3 heterocycles. The first-order valence-corrected chi connectivity index (χ1v) is 11.5. The quantitative estimate of drug-likeness (QED) is 0.142. The maximum absolute atomic E-state index is 12.6. The van der Waals surface area contributed by atoms with Gasteiger partial charge in [-0.05, 0) is 24.9 Å². The molecule has 12 nitrogen and oxygen atoms in total. The van der Waals surface area contributed by atoms with E-state index in [1.54, 1.807) is 14.0 Å². The Balaban J connectivity index is 1.76. The normalized spacial score (nSPS) is 11.8. The highest BCUT2D eigenvalue weighted by Crippen LogP contribution is 2.36. The van der Waals surface area contributed by atoms with E-state index in [1.807, 2.05) is 6.92 Å². The molecule has 0 saturated carbocycles. The van der Waals surface area contributed by atoms with Gasteiger partial charge in [0.1, 0.15) is 28.4 Å². The third-order valence-electron chi connectivity index (χ3n) is 4.48. The highest BCUT2D eigenvalue weighted by Gasteiger charge is 2.23. The lowest BCUT2D eigenvalue weighted by molar-refractivity contribution is 0.102. The standard InChI is InChI=1S/C18H21ClN8O4S2/c1-4-8(31-3)5-21-13(20)9-14(28)27-33-17(9)26-18-25-16(30)11(32-18)15(29)24-10-7(2)22-6-23-12(10)19/h6,8,30H,4-5H2,1-3H3,(H2,20,21)(H,24,29)(H,25,26)(H,27,28). The summed E-state index contributed by atoms with van der Waals surface area (Å²) < 4.78 is 9.15. The Morgan fingerprint density at radius 2 is 2.09 bits per heavy atom. The summed E-state index contributed by atoms with van der Waals surface area (Å²) >= 11 is 7.78. The molecule has 1 atom stereocenters. The second kappa shape index (κ2) is 10.7. The number of ether oxygens (including phenoxy) is 1. The van der Waals surface area contributed by atoms with Crippen molar-refractivity contribution in [3.05, 3.63) is 27.6 Å². The molecule has 176 valence electrons. The number of anilines is 3. The van der Waals surface area contributed by atoms with E-state index in [9.17, 15) is 15.0 Å². The van der Waals surface area contributed by atoms with Crippen LogP contribution in [0.5, 0.6) is 11.8 Å². The van der Waals surface area contributed by atoms with Crippen LogP contribution in [0.15, 0.2) is 6.33 Å². The summed E-state index contributed by atoms with van der Waals surface area (Å²) in [5, 5.41) is 37.5. The van der Waals surface area contributed by atoms with E-state index >= 15 is 0 Å². The van der Waals surface area contributed by atoms with Crippen LogP contribution in [0, 0.1) is 12.3 Å². The van der Waals surface area contributed by atoms with Crippen molar-refractivity contribution in [1.29, 1.82) is 5.41 Å². The van der Waals surface area contributed by atoms with Gasteiger partial charge in [0.05, 0.1) is 11.8 Å². The molecule has 6 N–H and O–H groups in total. The molecule has 15 heteroatoms. The smallest absolute Gasteiger partial charge is 0.271 e. The summed E-state index contributed by atoms with van der Waals surface area (Å²) in [5.74, 6) is -1.55. The lowest BCUT2D eigenvalue weighted by Crippen LogP contribution is -2.33. The zero-order valence-electron chi connectivity index (χ0n) is 17.8. The van der Waals surface area contributed by atoms with Crippen LogP contribution in [0.1, 0.15) is 34.3 Å². The summed E-state index contributed by atoms with van der Waals surface area (Å²) in [4.78, 5) is 24.3. The average Bonchev–Trinajstić information content (AvgIpc) is 3.33. The van der Waals surface area contributed by atoms with Crippen LogP contribution in [0.4, 0.5) is 15.8 Å². The molecular weight excluding hydrogens is 492 g/mol. The number of halogens is 1. The molecule has 0 aliphatic carbocycles. The van der Waals surface area contributed by atoms with Gasteiger partial charge in [-0.3, -0.25) is 10.2 Å². The Morgan fingerprint density at radius 1 is 1.33 bits per heavy atom. The van der Waals surface area contributed by atoms with Gasteiger partial charge in [0, 0.05) is 13.7 Å². The molecule has 3 aromatic rings. The number of aromatic hydroxyl groups is 2. The monoisotopic (exact) mass is 512 g/mol. The number of thiazole rings is 1. The first-order chi connectivity index (χ1) is 15.7. The Kier molecular flexibility index (Phi) is 7.97. The Morgan fingerprint density at radius 3 is 2.76 bits per heavy atom. The highest BCUT2D eigenvalue weighted by atomic mass is 35.5. The second-order valence-electron chi connectivity index (χ2n) is 6.61. The van der Waals surface area contributed by atoms with Gasteiger partial charge in [0.25, 0.3) is 5.91 Å². The predicted molar refractivity (Wildman–Crippen MR) is 126 cm³/mol. The molecule has 3 aromatic heterocycles. The maximum Gasteiger partial charge on any atom is 0.271 e. The lowest BCUT2D eigenvalue weighted by atomic mass is 10.2. The number of nitrogens with one attached hydrogen (secondary N) is 4. The average molecular weight is 513 g/mol. The Hall–Kier alpha value is -3.07. The number of rotatable bonds is 9. The van der Waals surface area contributed by atoms with Crippen molar-refractivity contribution in [2.75, 3.05) is 24.3 Å². The van der Waals surface area contributed by atoms with Crippen molar-refractivity contribution in [2.45, 2.75) is 26.4 Å². The lowest BCUT2D eigenvalue weighted by Gasteiger charge is -2.15. The van der Waals surface area contributed by atoms with E-state index in [-0.39, 0.29) is 44.2 Å². The van der Waals surface area contributed by atoms with E-state index in [0.29, 0.717) is 17.2 Å². The molecule has 0 bridgehead atoms. The van der Waals surface area contributed by atoms with Crippen molar-refractivity contribution in [3.63, 3.8) is 0 Å². The number of amidine groups is 1. The highest BCUT2D eigenvalue weighted by molar-refractivity contribution is 7.18. The van der Waals surface area contributed by atoms with Gasteiger partial charge >= 0.3 is 0 Å². The largest absolute Gasteiger partial charge is 0.492 e. The first-order valence-electron chi connectivity index (χ1n) is 9.54. The van der Waals surface area contributed by atoms with Crippen molar-refractivity contribution in [2.24, 2.45) is 0 Å². The van der Waals surface area contributed by atoms with Gasteiger partial charge in [0.15, 0.2) is 15.2 Å². The van der Waals surface area contributed by atoms with Gasteiger partial charge in [-0.15, -0.1) is 0 Å². The summed E-state index contributed by atoms with van der Waals surface area (Å²) in [6, 6.07) is 0. The number of nitrogens with zero attached hydrogens (tertiary/aromatic N) is 4. The minimum absolute atomic E-state index is 0.0628. The third-order valence-corrected chi connectivity index (χ3v) is 6.48. The number of methoxy groups -OCH3 is 1. The molecule has 0 spiro atoms. The van der Waals surface area contributed by atoms with Gasteiger partial charge in [-0.1, -0.05) is 29.9 Å². The van der Waals surface area contributed by atoms with Crippen LogP contribution < -0.4 is 16.0 Å². The SMILES string of the molecule is CCC(CNC(=N)c1c(O)nsc1Nc1nc(O)c(C(=O)Nc2c(C)ncnc2Cl)s1)OC. The number of carbonyl (C=O) groups excluding carboxylic acids is 1. The molecule has 0 radical (unpaired) electrons. The number of aryl methyl sites for hydroxylation is 1. The predicted octanol–water partition coefficient (Wildman–Crippen LogP) is 3.10. The van der Waals surface area contributed by atoms with E-state index in [1.165, 1.54) is 6.33 Å². The minimum atomic E-state index is -0.648. The maximum atomic E-state index is 12.6. The van der Waals surface area contributed by atoms with Crippen LogP contribution in [-0.2, 0) is 4.74 Å². The van der Waals surface area contributed by atoms with E-state index < -0.39 is 11.8 Å². The molecule has 33 heavy (non-hydrogen) atoms. The zero-order valence-corrected chi connectivity index (χ0v) is 20.2. The first kappa shape index (κ1) is 24.6. The van der Waals surface area contributed by atoms with E-state index in [0.717, 1.165) is 29.3 Å². The van der Waals surface area contributed by atoms with Crippen LogP contribution in [0.25, 0.3) is 0 Å². The van der Waals surface area contributed by atoms with Crippen LogP contribution in [0.3, 0.4) is 0 Å². The summed E-state index contributed by atoms with van der Waals surface area (Å²) in [5.41, 5.74) is 0.817. The minimum Gasteiger partial charge on any atom is -0.492 e. The number of carbonyl (C=O) groups is 1. The molecule has 1 unspecified atom stereocenters. The summed E-state index contributed by atoms with van der Waals surface area (Å²) in [6.45, 7) is 3.98. The molecule has 0 saturated heterocycles. The van der Waals surface area contributed by atoms with Crippen LogP contribution in [0.2, 0.25) is 5.15 Å². The Labute approximate surface area is 201 Å². The fourth-order valence-corrected chi connectivity index (χ4v) is 4.41. The van der Waals surface area contributed by atoms with Crippen molar-refractivity contribution in [1.82, 2.24) is 24.6 Å². The van der Waals surface area contributed by atoms with Gasteiger partial charge < -0.3 is 30.9 Å². The van der Waals surface area contributed by atoms with E-state index in [2.05, 4.69) is 35.3 Å². The number of amides is 1. The summed E-state index contributed by atoms with van der Waals surface area (Å²) in [7, 11) is 1.58. The number of aromatic nitrogens is 4. The zero-order chi connectivity index (χ0) is 24.1. The summed E-state index contributed by atoms with van der Waals surface area (Å²) in [6.07, 6.45) is 1.92. The van der Waals surface area contributed by atoms with Crippen LogP contribution in [-0.4, -0.2) is 61.0 Å². The van der Waals surface area contributed by atoms with Crippen molar-refractivity contribution < 1.29 is 19.7 Å². The molecule has 0 aliphatic rings. The van der Waals surface area contributed by atoms with Crippen molar-refractivity contribution in [3.8, 4) is 11.8 Å². The van der Waals surface area contributed by atoms with Gasteiger partial charge in [-0.25, -0.2) is 9.97 Å². The Bertz CT molecular complexity index is 1140. The topological polar surface area (TPSA) is 178 Å². The van der Waals surface area contributed by atoms with Gasteiger partial charge in [-0.2, -0.15) is 9.36 Å². The number of hydrogen-bond acceptors (Lipinski definition) is 12. The molecule has 3 rings (SSSR count). The second-order valence-corrected chi connectivity index (χ2v) is 8.74. The van der Waals surface area contributed by atoms with Gasteiger partial charge in [0.2, 0.25) is 11.8 Å². The number of hydrogen-bond donors (Lipinski definition) is 6. The third kappa shape index (κ3) is 5.65. The van der Waals surface area contributed by atoms with Crippen molar-refractivity contribution >= 4 is 62.0 Å². The molecule has 0 aromatic carbocycles. The fourth-order valence-electron chi connectivity index (χ4n) is 2.66. The molecular formula is C18H21ClN8O4S2. The molecule has 0 fully saturated rings. The fraction of sp³-hybridized carbons (Fsp3) is 0.333. The molecule has 1 amide bonds. The van der Waals surface area contributed by atoms with E-state index in [4.69, 9.17) is 21.7 Å².